The molecule has 0 bridgehead atoms. The van der Waals surface area contributed by atoms with Crippen LogP contribution < -0.4 is 10.1 Å². The molecule has 1 amide bonds. The quantitative estimate of drug-likeness (QED) is 0.472. The lowest BCUT2D eigenvalue weighted by Crippen LogP contribution is -2.28. The number of carbonyl (C=O) groups is 2. The predicted octanol–water partition coefficient (Wildman–Crippen LogP) is 4.71. The number of hydrogen-bond donors (Lipinski definition) is 1. The highest BCUT2D eigenvalue weighted by Crippen LogP contribution is 2.25. The summed E-state index contributed by atoms with van der Waals surface area (Å²) in [4.78, 5) is 25.3. The largest absolute Gasteiger partial charge is 0.492 e. The van der Waals surface area contributed by atoms with E-state index >= 15 is 0 Å². The number of para-hydroxylation sites is 2. The minimum atomic E-state index is -1.45. The first-order chi connectivity index (χ1) is 14.1. The van der Waals surface area contributed by atoms with Gasteiger partial charge in [0.2, 0.25) is 5.91 Å². The number of hydrogen-bond acceptors (Lipinski definition) is 4. The van der Waals surface area contributed by atoms with E-state index in [9.17, 15) is 14.9 Å². The topological polar surface area (TPSA) is 79.2 Å². The molecule has 5 heteroatoms. The fourth-order valence-electron chi connectivity index (χ4n) is 2.92. The van der Waals surface area contributed by atoms with E-state index in [-0.39, 0.29) is 0 Å². The summed E-state index contributed by atoms with van der Waals surface area (Å²) < 4.78 is 5.47. The Balaban J connectivity index is 1.77. The fourth-order valence-corrected chi connectivity index (χ4v) is 2.92. The highest BCUT2D eigenvalue weighted by atomic mass is 16.5. The molecule has 1 atom stereocenters. The average molecular weight is 384 g/mol. The normalized spacial score (nSPS) is 11.2. The number of rotatable bonds is 7. The van der Waals surface area contributed by atoms with Crippen LogP contribution in [0.5, 0.6) is 5.75 Å². The lowest BCUT2D eigenvalue weighted by Gasteiger charge is -2.13. The second-order valence-electron chi connectivity index (χ2n) is 6.29. The lowest BCUT2D eigenvalue weighted by molar-refractivity contribution is -0.117. The van der Waals surface area contributed by atoms with Gasteiger partial charge in [0, 0.05) is 5.56 Å². The van der Waals surface area contributed by atoms with Gasteiger partial charge in [0.25, 0.3) is 0 Å². The van der Waals surface area contributed by atoms with Crippen LogP contribution in [-0.2, 0) is 4.79 Å². The van der Waals surface area contributed by atoms with Gasteiger partial charge in [-0.25, -0.2) is 0 Å². The van der Waals surface area contributed by atoms with Gasteiger partial charge in [-0.2, -0.15) is 5.26 Å². The Bertz CT molecular complexity index is 1040. The number of carbonyl (C=O) groups excluding carboxylic acids is 2. The first-order valence-electron chi connectivity index (χ1n) is 9.26. The Morgan fingerprint density at radius 1 is 0.931 bits per heavy atom. The Labute approximate surface area is 169 Å². The summed E-state index contributed by atoms with van der Waals surface area (Å²) in [5.74, 6) is -2.19. The van der Waals surface area contributed by atoms with Gasteiger partial charge < -0.3 is 10.1 Å². The number of nitrogens with zero attached hydrogens (tertiary/aromatic N) is 1. The molecule has 0 aliphatic rings. The van der Waals surface area contributed by atoms with Crippen LogP contribution in [0, 0.1) is 17.2 Å². The first-order valence-corrected chi connectivity index (χ1v) is 9.26. The third-order valence-electron chi connectivity index (χ3n) is 4.37. The van der Waals surface area contributed by atoms with Crippen LogP contribution >= 0.6 is 0 Å². The molecular formula is C24H20N2O3. The smallest absolute Gasteiger partial charge is 0.249 e. The maximum absolute atomic E-state index is 12.8. The van der Waals surface area contributed by atoms with Crippen LogP contribution in [0.25, 0.3) is 11.1 Å². The number of benzene rings is 3. The first kappa shape index (κ1) is 19.8. The molecule has 0 saturated heterocycles. The number of ketones is 1. The second-order valence-corrected chi connectivity index (χ2v) is 6.29. The van der Waals surface area contributed by atoms with Crippen molar-refractivity contribution in [3.05, 3.63) is 84.4 Å². The zero-order valence-corrected chi connectivity index (χ0v) is 16.0. The summed E-state index contributed by atoms with van der Waals surface area (Å²) in [6, 6.07) is 25.3. The Kier molecular flexibility index (Phi) is 6.39. The molecule has 3 aromatic rings. The molecule has 0 heterocycles. The van der Waals surface area contributed by atoms with E-state index in [1.807, 2.05) is 43.3 Å². The summed E-state index contributed by atoms with van der Waals surface area (Å²) >= 11 is 0. The van der Waals surface area contributed by atoms with E-state index < -0.39 is 17.6 Å². The molecule has 3 aromatic carbocycles. The summed E-state index contributed by atoms with van der Waals surface area (Å²) in [5, 5.41) is 12.1. The van der Waals surface area contributed by atoms with Crippen molar-refractivity contribution >= 4 is 17.4 Å². The fraction of sp³-hybridized carbons (Fsp3) is 0.125. The Morgan fingerprint density at radius 2 is 1.55 bits per heavy atom. The summed E-state index contributed by atoms with van der Waals surface area (Å²) in [6.07, 6.45) is 0. The third-order valence-corrected chi connectivity index (χ3v) is 4.37. The van der Waals surface area contributed by atoms with Crippen molar-refractivity contribution < 1.29 is 14.3 Å². The number of amides is 1. The molecule has 0 spiro atoms. The number of nitriles is 1. The molecule has 0 saturated carbocycles. The van der Waals surface area contributed by atoms with E-state index in [0.29, 0.717) is 23.6 Å². The molecule has 5 nitrogen and oxygen atoms in total. The van der Waals surface area contributed by atoms with Crippen molar-refractivity contribution in [2.24, 2.45) is 5.92 Å². The number of anilines is 1. The Hall–Kier alpha value is -3.91. The molecule has 3 rings (SSSR count). The zero-order chi connectivity index (χ0) is 20.6. The van der Waals surface area contributed by atoms with E-state index in [1.54, 1.807) is 48.5 Å². The van der Waals surface area contributed by atoms with Gasteiger partial charge in [0.05, 0.1) is 18.4 Å². The molecule has 29 heavy (non-hydrogen) atoms. The molecule has 0 radical (unpaired) electrons. The van der Waals surface area contributed by atoms with E-state index in [4.69, 9.17) is 4.74 Å². The van der Waals surface area contributed by atoms with Crippen molar-refractivity contribution in [1.82, 2.24) is 0 Å². The maximum Gasteiger partial charge on any atom is 0.249 e. The van der Waals surface area contributed by atoms with Gasteiger partial charge >= 0.3 is 0 Å². The monoisotopic (exact) mass is 384 g/mol. The van der Waals surface area contributed by atoms with Crippen molar-refractivity contribution in [3.8, 4) is 22.9 Å². The van der Waals surface area contributed by atoms with Gasteiger partial charge in [-0.3, -0.25) is 9.59 Å². The van der Waals surface area contributed by atoms with Gasteiger partial charge in [-0.15, -0.1) is 0 Å². The molecule has 0 aliphatic heterocycles. The summed E-state index contributed by atoms with van der Waals surface area (Å²) in [6.45, 7) is 2.26. The van der Waals surface area contributed by atoms with E-state index in [0.717, 1.165) is 11.1 Å². The lowest BCUT2D eigenvalue weighted by atomic mass is 9.96. The van der Waals surface area contributed by atoms with Crippen molar-refractivity contribution in [3.63, 3.8) is 0 Å². The molecular weight excluding hydrogens is 364 g/mol. The van der Waals surface area contributed by atoms with Gasteiger partial charge in [0.1, 0.15) is 5.75 Å². The van der Waals surface area contributed by atoms with Crippen LogP contribution in [0.4, 0.5) is 5.69 Å². The van der Waals surface area contributed by atoms with Gasteiger partial charge in [0.15, 0.2) is 11.7 Å². The van der Waals surface area contributed by atoms with Gasteiger partial charge in [-0.05, 0) is 30.2 Å². The molecule has 0 aromatic heterocycles. The average Bonchev–Trinajstić information content (AvgIpc) is 2.76. The third kappa shape index (κ3) is 4.69. The number of Topliss-reactive ketones (excluding diaryl/α,β-unsaturated/α-hetero) is 1. The van der Waals surface area contributed by atoms with Crippen molar-refractivity contribution in [1.29, 1.82) is 5.26 Å². The van der Waals surface area contributed by atoms with Crippen LogP contribution in [0.3, 0.4) is 0 Å². The predicted molar refractivity (Wildman–Crippen MR) is 112 cm³/mol. The van der Waals surface area contributed by atoms with Crippen molar-refractivity contribution in [2.75, 3.05) is 11.9 Å². The van der Waals surface area contributed by atoms with Crippen LogP contribution in [0.15, 0.2) is 78.9 Å². The van der Waals surface area contributed by atoms with Gasteiger partial charge in [-0.1, -0.05) is 66.7 Å². The standard InChI is InChI=1S/C24H20N2O3/c1-2-29-22-11-7-6-10-21(22)26-24(28)20(16-25)23(27)19-14-12-18(13-15-19)17-8-4-3-5-9-17/h3-15,20H,2H2,1H3,(H,26,28). The van der Waals surface area contributed by atoms with E-state index in [1.165, 1.54) is 0 Å². The minimum Gasteiger partial charge on any atom is -0.492 e. The van der Waals surface area contributed by atoms with Crippen LogP contribution in [0.1, 0.15) is 17.3 Å². The number of nitrogens with one attached hydrogen (secondary N) is 1. The molecule has 0 fully saturated rings. The number of ether oxygens (including phenoxy) is 1. The SMILES string of the molecule is CCOc1ccccc1NC(=O)C(C#N)C(=O)c1ccc(-c2ccccc2)cc1. The minimum absolute atomic E-state index is 0.310. The van der Waals surface area contributed by atoms with Crippen LogP contribution in [-0.4, -0.2) is 18.3 Å². The highest BCUT2D eigenvalue weighted by molar-refractivity contribution is 6.15. The maximum atomic E-state index is 12.8. The molecule has 1 N–H and O–H groups in total. The molecule has 144 valence electrons. The Morgan fingerprint density at radius 3 is 2.21 bits per heavy atom. The van der Waals surface area contributed by atoms with Crippen LogP contribution in [0.2, 0.25) is 0 Å². The summed E-state index contributed by atoms with van der Waals surface area (Å²) in [5.41, 5.74) is 2.70. The highest BCUT2D eigenvalue weighted by Gasteiger charge is 2.28. The molecule has 0 aliphatic carbocycles. The summed E-state index contributed by atoms with van der Waals surface area (Å²) in [7, 11) is 0. The van der Waals surface area contributed by atoms with E-state index in [2.05, 4.69) is 5.32 Å². The molecule has 1 unspecified atom stereocenters. The second kappa shape index (κ2) is 9.34. The van der Waals surface area contributed by atoms with Crippen molar-refractivity contribution in [2.45, 2.75) is 6.92 Å². The zero-order valence-electron chi connectivity index (χ0n) is 16.0.